The summed E-state index contributed by atoms with van der Waals surface area (Å²) in [5, 5.41) is 7.40. The maximum Gasteiger partial charge on any atom is 0.337 e. The monoisotopic (exact) mass is 371 g/mol. The first-order valence-electron chi connectivity index (χ1n) is 9.62. The van der Waals surface area contributed by atoms with Crippen LogP contribution in [0.5, 0.6) is 0 Å². The van der Waals surface area contributed by atoms with Gasteiger partial charge >= 0.3 is 5.97 Å². The third-order valence-electron chi connectivity index (χ3n) is 5.70. The Hall–Kier alpha value is -1.88. The molecule has 1 aliphatic heterocycles. The number of hydrogen-bond donors (Lipinski definition) is 1. The molecule has 0 saturated heterocycles. The Kier molecular flexibility index (Phi) is 4.98. The van der Waals surface area contributed by atoms with Crippen LogP contribution < -0.4 is 5.32 Å². The van der Waals surface area contributed by atoms with Crippen molar-refractivity contribution in [3.63, 3.8) is 0 Å². The SMILES string of the molecule is CC1=C(C(=O)OC2CCCCC2)[C@@H](c2ccsc2)C2=C(CCCC2=O)N1. The van der Waals surface area contributed by atoms with E-state index < -0.39 is 0 Å². The second-order valence-corrected chi connectivity index (χ2v) is 8.27. The molecule has 2 heterocycles. The molecule has 0 aromatic carbocycles. The van der Waals surface area contributed by atoms with Crippen molar-refractivity contribution >= 4 is 23.1 Å². The van der Waals surface area contributed by atoms with E-state index in [0.717, 1.165) is 61.1 Å². The first-order chi connectivity index (χ1) is 12.6. The fraction of sp³-hybridized carbons (Fsp3) is 0.524. The first kappa shape index (κ1) is 17.5. The van der Waals surface area contributed by atoms with Gasteiger partial charge in [0, 0.05) is 29.3 Å². The van der Waals surface area contributed by atoms with Crippen molar-refractivity contribution in [3.8, 4) is 0 Å². The Labute approximate surface area is 158 Å². The third kappa shape index (κ3) is 3.25. The zero-order valence-electron chi connectivity index (χ0n) is 15.2. The molecular weight excluding hydrogens is 346 g/mol. The van der Waals surface area contributed by atoms with Crippen LogP contribution in [0.4, 0.5) is 0 Å². The molecule has 1 aromatic rings. The number of esters is 1. The molecule has 2 aliphatic carbocycles. The van der Waals surface area contributed by atoms with Crippen molar-refractivity contribution in [3.05, 3.63) is 44.9 Å². The number of thiophene rings is 1. The van der Waals surface area contributed by atoms with Crippen LogP contribution in [-0.4, -0.2) is 17.9 Å². The Bertz CT molecular complexity index is 769. The fourth-order valence-electron chi connectivity index (χ4n) is 4.42. The number of carbonyl (C=O) groups excluding carboxylic acids is 2. The average Bonchev–Trinajstić information content (AvgIpc) is 3.16. The molecule has 5 heteroatoms. The van der Waals surface area contributed by atoms with E-state index in [1.54, 1.807) is 11.3 Å². The van der Waals surface area contributed by atoms with Gasteiger partial charge in [-0.05, 0) is 67.8 Å². The molecule has 1 atom stereocenters. The van der Waals surface area contributed by atoms with Crippen molar-refractivity contribution in [1.82, 2.24) is 5.32 Å². The van der Waals surface area contributed by atoms with Crippen LogP contribution in [0, 0.1) is 0 Å². The van der Waals surface area contributed by atoms with Gasteiger partial charge in [-0.3, -0.25) is 4.79 Å². The summed E-state index contributed by atoms with van der Waals surface area (Å²) in [7, 11) is 0. The number of carbonyl (C=O) groups is 2. The summed E-state index contributed by atoms with van der Waals surface area (Å²) in [5.41, 5.74) is 4.23. The highest BCUT2D eigenvalue weighted by Crippen LogP contribution is 2.43. The summed E-state index contributed by atoms with van der Waals surface area (Å²) in [5.74, 6) is -0.394. The molecule has 3 aliphatic rings. The largest absolute Gasteiger partial charge is 0.459 e. The molecule has 0 bridgehead atoms. The van der Waals surface area contributed by atoms with Crippen molar-refractivity contribution in [2.24, 2.45) is 0 Å². The molecule has 1 aromatic heterocycles. The van der Waals surface area contributed by atoms with Crippen LogP contribution in [-0.2, 0) is 14.3 Å². The lowest BCUT2D eigenvalue weighted by Gasteiger charge is -2.34. The zero-order chi connectivity index (χ0) is 18.1. The van der Waals surface area contributed by atoms with E-state index in [9.17, 15) is 9.59 Å². The van der Waals surface area contributed by atoms with Crippen LogP contribution in [0.15, 0.2) is 39.4 Å². The maximum absolute atomic E-state index is 13.1. The number of hydrogen-bond acceptors (Lipinski definition) is 5. The second kappa shape index (κ2) is 7.39. The molecule has 1 saturated carbocycles. The van der Waals surface area contributed by atoms with E-state index in [-0.39, 0.29) is 23.8 Å². The molecule has 0 radical (unpaired) electrons. The zero-order valence-corrected chi connectivity index (χ0v) is 16.0. The van der Waals surface area contributed by atoms with Crippen LogP contribution in [0.3, 0.4) is 0 Å². The van der Waals surface area contributed by atoms with Gasteiger partial charge in [-0.25, -0.2) is 4.79 Å². The minimum atomic E-state index is -0.290. The molecule has 0 unspecified atom stereocenters. The number of allylic oxidation sites excluding steroid dienone is 3. The summed E-state index contributed by atoms with van der Waals surface area (Å²) in [4.78, 5) is 25.8. The van der Waals surface area contributed by atoms with E-state index in [1.807, 2.05) is 23.8 Å². The number of ketones is 1. The predicted molar refractivity (Wildman–Crippen MR) is 102 cm³/mol. The van der Waals surface area contributed by atoms with Gasteiger partial charge in [0.05, 0.1) is 5.57 Å². The van der Waals surface area contributed by atoms with Gasteiger partial charge in [0.2, 0.25) is 0 Å². The predicted octanol–water partition coefficient (Wildman–Crippen LogP) is 4.59. The van der Waals surface area contributed by atoms with Crippen LogP contribution >= 0.6 is 11.3 Å². The third-order valence-corrected chi connectivity index (χ3v) is 6.40. The molecule has 4 rings (SSSR count). The lowest BCUT2D eigenvalue weighted by atomic mass is 9.76. The van der Waals surface area contributed by atoms with Crippen LogP contribution in [0.25, 0.3) is 0 Å². The molecule has 4 nitrogen and oxygen atoms in total. The van der Waals surface area contributed by atoms with E-state index in [1.165, 1.54) is 6.42 Å². The highest BCUT2D eigenvalue weighted by atomic mass is 32.1. The minimum absolute atomic E-state index is 0.0112. The van der Waals surface area contributed by atoms with Gasteiger partial charge < -0.3 is 10.1 Å². The fourth-order valence-corrected chi connectivity index (χ4v) is 5.11. The highest BCUT2D eigenvalue weighted by molar-refractivity contribution is 7.08. The van der Waals surface area contributed by atoms with Crippen LogP contribution in [0.1, 0.15) is 69.8 Å². The lowest BCUT2D eigenvalue weighted by molar-refractivity contribution is -0.146. The molecule has 0 spiro atoms. The summed E-state index contributed by atoms with van der Waals surface area (Å²) in [6.45, 7) is 1.93. The normalized spacial score (nSPS) is 24.3. The van der Waals surface area contributed by atoms with Gasteiger partial charge in [-0.2, -0.15) is 11.3 Å². The quantitative estimate of drug-likeness (QED) is 0.790. The Balaban J connectivity index is 1.69. The van der Waals surface area contributed by atoms with Gasteiger partial charge in [-0.1, -0.05) is 6.42 Å². The number of nitrogens with one attached hydrogen (secondary N) is 1. The van der Waals surface area contributed by atoms with E-state index in [4.69, 9.17) is 4.74 Å². The van der Waals surface area contributed by atoms with Gasteiger partial charge in [-0.15, -0.1) is 0 Å². The summed E-state index contributed by atoms with van der Waals surface area (Å²) in [6, 6.07) is 2.02. The smallest absolute Gasteiger partial charge is 0.337 e. The van der Waals surface area contributed by atoms with E-state index in [0.29, 0.717) is 12.0 Å². The van der Waals surface area contributed by atoms with E-state index >= 15 is 0 Å². The Morgan fingerprint density at radius 2 is 2.00 bits per heavy atom. The van der Waals surface area contributed by atoms with Gasteiger partial charge in [0.25, 0.3) is 0 Å². The molecular formula is C21H25NO3S. The van der Waals surface area contributed by atoms with Crippen LogP contribution in [0.2, 0.25) is 0 Å². The van der Waals surface area contributed by atoms with Crippen molar-refractivity contribution in [1.29, 1.82) is 0 Å². The van der Waals surface area contributed by atoms with Crippen molar-refractivity contribution < 1.29 is 14.3 Å². The van der Waals surface area contributed by atoms with Crippen molar-refractivity contribution in [2.45, 2.75) is 70.3 Å². The number of dihydropyridines is 1. The topological polar surface area (TPSA) is 55.4 Å². The number of Topliss-reactive ketones (excluding diaryl/α,β-unsaturated/α-hetero) is 1. The molecule has 138 valence electrons. The summed E-state index contributed by atoms with van der Waals surface area (Å²) in [6.07, 6.45) is 7.66. The van der Waals surface area contributed by atoms with Gasteiger partial charge in [0.15, 0.2) is 5.78 Å². The first-order valence-corrected chi connectivity index (χ1v) is 10.6. The molecule has 26 heavy (non-hydrogen) atoms. The Morgan fingerprint density at radius 1 is 1.19 bits per heavy atom. The molecule has 0 amide bonds. The highest BCUT2D eigenvalue weighted by Gasteiger charge is 2.39. The van der Waals surface area contributed by atoms with Gasteiger partial charge in [0.1, 0.15) is 6.10 Å². The minimum Gasteiger partial charge on any atom is -0.459 e. The Morgan fingerprint density at radius 3 is 2.73 bits per heavy atom. The standard InChI is InChI=1S/C21H25NO3S/c1-13-18(21(24)25-15-6-3-2-4-7-15)19(14-10-11-26-12-14)20-16(22-13)8-5-9-17(20)23/h10-12,15,19,22H,2-9H2,1H3/t19-/m1/s1. The van der Waals surface area contributed by atoms with E-state index in [2.05, 4.69) is 5.32 Å². The maximum atomic E-state index is 13.1. The number of rotatable bonds is 3. The summed E-state index contributed by atoms with van der Waals surface area (Å²) >= 11 is 1.60. The summed E-state index contributed by atoms with van der Waals surface area (Å²) < 4.78 is 5.88. The van der Waals surface area contributed by atoms with Crippen molar-refractivity contribution in [2.75, 3.05) is 0 Å². The average molecular weight is 372 g/mol. The lowest BCUT2D eigenvalue weighted by Crippen LogP contribution is -2.35. The molecule has 1 N–H and O–H groups in total. The second-order valence-electron chi connectivity index (χ2n) is 7.49. The number of ether oxygens (including phenoxy) is 1. The molecule has 1 fully saturated rings.